The zero-order valence-corrected chi connectivity index (χ0v) is 9.17. The Morgan fingerprint density at radius 1 is 1.33 bits per heavy atom. The van der Waals surface area contributed by atoms with E-state index in [0.29, 0.717) is 5.75 Å². The normalized spacial score (nSPS) is 10.8. The van der Waals surface area contributed by atoms with Gasteiger partial charge in [-0.05, 0) is 12.1 Å². The van der Waals surface area contributed by atoms with Crippen LogP contribution in [0.15, 0.2) is 24.3 Å². The van der Waals surface area contributed by atoms with E-state index >= 15 is 0 Å². The van der Waals surface area contributed by atoms with Crippen LogP contribution in [0.3, 0.4) is 0 Å². The molecule has 0 saturated carbocycles. The molecule has 1 aromatic carbocycles. The maximum atomic E-state index is 11.5. The summed E-state index contributed by atoms with van der Waals surface area (Å²) in [6, 6.07) is 6.38. The number of rotatable bonds is 3. The first kappa shape index (κ1) is 11.5. The van der Waals surface area contributed by atoms with Gasteiger partial charge in [-0.25, -0.2) is 13.1 Å². The van der Waals surface area contributed by atoms with Crippen molar-refractivity contribution in [1.29, 1.82) is 0 Å². The second-order valence-electron chi connectivity index (χ2n) is 2.90. The number of sulfonamides is 1. The van der Waals surface area contributed by atoms with Crippen molar-refractivity contribution in [1.82, 2.24) is 4.72 Å². The van der Waals surface area contributed by atoms with Gasteiger partial charge < -0.3 is 4.74 Å². The number of hydrogen-bond donors (Lipinski definition) is 1. The molecule has 0 heterocycles. The highest BCUT2D eigenvalue weighted by Crippen LogP contribution is 2.16. The van der Waals surface area contributed by atoms with Crippen LogP contribution in [0.4, 0.5) is 0 Å². The summed E-state index contributed by atoms with van der Waals surface area (Å²) in [5.74, 6) is -0.367. The van der Waals surface area contributed by atoms with Crippen LogP contribution in [0.5, 0.6) is 5.75 Å². The molecule has 15 heavy (non-hydrogen) atoms. The predicted octanol–water partition coefficient (Wildman–Crippen LogP) is 0.385. The van der Waals surface area contributed by atoms with Crippen LogP contribution in [0.1, 0.15) is 10.4 Å². The first-order valence-corrected chi connectivity index (χ1v) is 5.98. The van der Waals surface area contributed by atoms with Gasteiger partial charge in [-0.2, -0.15) is 0 Å². The van der Waals surface area contributed by atoms with E-state index in [2.05, 4.69) is 0 Å². The molecule has 0 spiro atoms. The summed E-state index contributed by atoms with van der Waals surface area (Å²) in [6.45, 7) is 0. The molecule has 1 aromatic rings. The minimum atomic E-state index is -3.55. The van der Waals surface area contributed by atoms with E-state index in [1.807, 2.05) is 4.72 Å². The third-order valence-corrected chi connectivity index (χ3v) is 2.19. The second kappa shape index (κ2) is 4.31. The van der Waals surface area contributed by atoms with E-state index in [0.717, 1.165) is 6.26 Å². The largest absolute Gasteiger partial charge is 0.496 e. The van der Waals surface area contributed by atoms with Crippen molar-refractivity contribution in [2.45, 2.75) is 0 Å². The van der Waals surface area contributed by atoms with Crippen LogP contribution < -0.4 is 9.46 Å². The molecular weight excluding hydrogens is 218 g/mol. The van der Waals surface area contributed by atoms with Crippen molar-refractivity contribution in [2.24, 2.45) is 0 Å². The lowest BCUT2D eigenvalue weighted by atomic mass is 10.2. The summed E-state index contributed by atoms with van der Waals surface area (Å²) < 4.78 is 28.5. The number of hydrogen-bond acceptors (Lipinski definition) is 4. The molecule has 0 radical (unpaired) electrons. The molecule has 0 fully saturated rings. The minimum absolute atomic E-state index is 0.186. The average molecular weight is 229 g/mol. The lowest BCUT2D eigenvalue weighted by Gasteiger charge is -2.07. The molecule has 0 aromatic heterocycles. The highest BCUT2D eigenvalue weighted by atomic mass is 32.2. The van der Waals surface area contributed by atoms with Crippen molar-refractivity contribution in [2.75, 3.05) is 13.4 Å². The number of amides is 1. The quantitative estimate of drug-likeness (QED) is 0.813. The summed E-state index contributed by atoms with van der Waals surface area (Å²) in [5.41, 5.74) is 0.186. The minimum Gasteiger partial charge on any atom is -0.496 e. The van der Waals surface area contributed by atoms with E-state index in [-0.39, 0.29) is 5.56 Å². The summed E-state index contributed by atoms with van der Waals surface area (Å²) in [4.78, 5) is 11.5. The first-order valence-electron chi connectivity index (χ1n) is 4.09. The topological polar surface area (TPSA) is 72.5 Å². The van der Waals surface area contributed by atoms with Crippen molar-refractivity contribution >= 4 is 15.9 Å². The maximum absolute atomic E-state index is 11.5. The SMILES string of the molecule is COc1ccccc1C(=O)NS(C)(=O)=O. The number of carbonyl (C=O) groups is 1. The summed E-state index contributed by atoms with van der Waals surface area (Å²) in [7, 11) is -2.14. The van der Waals surface area contributed by atoms with E-state index in [4.69, 9.17) is 4.74 Å². The van der Waals surface area contributed by atoms with Gasteiger partial charge in [-0.3, -0.25) is 4.79 Å². The Balaban J connectivity index is 3.01. The zero-order valence-electron chi connectivity index (χ0n) is 8.35. The van der Waals surface area contributed by atoms with Crippen LogP contribution in [-0.4, -0.2) is 27.7 Å². The lowest BCUT2D eigenvalue weighted by Crippen LogP contribution is -2.29. The van der Waals surface area contributed by atoms with Crippen molar-refractivity contribution in [3.63, 3.8) is 0 Å². The van der Waals surface area contributed by atoms with Crippen LogP contribution in [0.25, 0.3) is 0 Å². The molecule has 1 amide bonds. The molecule has 0 bridgehead atoms. The van der Waals surface area contributed by atoms with Gasteiger partial charge in [0.1, 0.15) is 5.75 Å². The van der Waals surface area contributed by atoms with Gasteiger partial charge in [0.2, 0.25) is 10.0 Å². The molecule has 0 unspecified atom stereocenters. The van der Waals surface area contributed by atoms with Gasteiger partial charge in [0.05, 0.1) is 18.9 Å². The predicted molar refractivity (Wildman–Crippen MR) is 55.3 cm³/mol. The zero-order chi connectivity index (χ0) is 11.5. The van der Waals surface area contributed by atoms with Gasteiger partial charge in [0.25, 0.3) is 5.91 Å². The van der Waals surface area contributed by atoms with Crippen LogP contribution in [0, 0.1) is 0 Å². The van der Waals surface area contributed by atoms with Gasteiger partial charge in [0.15, 0.2) is 0 Å². The van der Waals surface area contributed by atoms with Crippen molar-refractivity contribution in [3.05, 3.63) is 29.8 Å². The Bertz CT molecular complexity index is 467. The fourth-order valence-corrected chi connectivity index (χ4v) is 1.50. The highest BCUT2D eigenvalue weighted by molar-refractivity contribution is 7.89. The number of ether oxygens (including phenoxy) is 1. The van der Waals surface area contributed by atoms with Crippen LogP contribution in [0.2, 0.25) is 0 Å². The molecule has 0 aliphatic rings. The van der Waals surface area contributed by atoms with E-state index in [1.54, 1.807) is 18.2 Å². The molecule has 0 aliphatic carbocycles. The third kappa shape index (κ3) is 3.25. The number of para-hydroxylation sites is 1. The second-order valence-corrected chi connectivity index (χ2v) is 4.65. The number of benzene rings is 1. The van der Waals surface area contributed by atoms with Gasteiger partial charge in [0, 0.05) is 0 Å². The van der Waals surface area contributed by atoms with Gasteiger partial charge in [-0.1, -0.05) is 12.1 Å². The molecule has 0 atom stereocenters. The molecule has 1 N–H and O–H groups in total. The molecule has 82 valence electrons. The number of methoxy groups -OCH3 is 1. The van der Waals surface area contributed by atoms with Gasteiger partial charge in [-0.15, -0.1) is 0 Å². The third-order valence-electron chi connectivity index (χ3n) is 1.63. The van der Waals surface area contributed by atoms with E-state index in [1.165, 1.54) is 13.2 Å². The van der Waals surface area contributed by atoms with Gasteiger partial charge >= 0.3 is 0 Å². The molecule has 0 saturated heterocycles. The summed E-state index contributed by atoms with van der Waals surface area (Å²) in [6.07, 6.45) is 0.917. The molecule has 5 nitrogen and oxygen atoms in total. The Kier molecular flexibility index (Phi) is 3.31. The van der Waals surface area contributed by atoms with Crippen LogP contribution in [-0.2, 0) is 10.0 Å². The Labute approximate surface area is 88.1 Å². The number of carbonyl (C=O) groups excluding carboxylic acids is 1. The van der Waals surface area contributed by atoms with Crippen molar-refractivity contribution < 1.29 is 17.9 Å². The number of nitrogens with one attached hydrogen (secondary N) is 1. The van der Waals surface area contributed by atoms with E-state index < -0.39 is 15.9 Å². The summed E-state index contributed by atoms with van der Waals surface area (Å²) in [5, 5.41) is 0. The highest BCUT2D eigenvalue weighted by Gasteiger charge is 2.14. The Morgan fingerprint density at radius 2 is 1.93 bits per heavy atom. The smallest absolute Gasteiger partial charge is 0.268 e. The molecular formula is C9H11NO4S. The lowest BCUT2D eigenvalue weighted by molar-refractivity contribution is 0.0978. The van der Waals surface area contributed by atoms with Crippen molar-refractivity contribution in [3.8, 4) is 5.75 Å². The molecule has 6 heteroatoms. The Morgan fingerprint density at radius 3 is 2.47 bits per heavy atom. The standard InChI is InChI=1S/C9H11NO4S/c1-14-8-6-4-3-5-7(8)9(11)10-15(2,12)13/h3-6H,1-2H3,(H,10,11). The fourth-order valence-electron chi connectivity index (χ4n) is 1.06. The Hall–Kier alpha value is -1.56. The van der Waals surface area contributed by atoms with Crippen LogP contribution >= 0.6 is 0 Å². The first-order chi connectivity index (χ1) is 6.94. The average Bonchev–Trinajstić information content (AvgIpc) is 2.15. The monoisotopic (exact) mass is 229 g/mol. The maximum Gasteiger partial charge on any atom is 0.268 e. The molecule has 1 rings (SSSR count). The fraction of sp³-hybridized carbons (Fsp3) is 0.222. The molecule has 0 aliphatic heterocycles. The summed E-state index contributed by atoms with van der Waals surface area (Å²) >= 11 is 0. The van der Waals surface area contributed by atoms with E-state index in [9.17, 15) is 13.2 Å².